The van der Waals surface area contributed by atoms with Crippen molar-refractivity contribution in [3.05, 3.63) is 35.9 Å². The Labute approximate surface area is 128 Å². The molecule has 116 valence electrons. The number of ether oxygens (including phenoxy) is 1. The maximum absolute atomic E-state index is 12.1. The minimum Gasteiger partial charge on any atom is -0.491 e. The highest BCUT2D eigenvalue weighted by atomic mass is 16.5. The second-order valence-electron chi connectivity index (χ2n) is 5.34. The van der Waals surface area contributed by atoms with Crippen LogP contribution in [0.2, 0.25) is 0 Å². The van der Waals surface area contributed by atoms with Crippen LogP contribution in [0, 0.1) is 0 Å². The van der Waals surface area contributed by atoms with Crippen molar-refractivity contribution in [2.75, 3.05) is 13.1 Å². The molecule has 0 atom stereocenters. The van der Waals surface area contributed by atoms with Gasteiger partial charge in [0.15, 0.2) is 0 Å². The first kappa shape index (κ1) is 17.3. The number of benzene rings is 1. The first-order valence-electron chi connectivity index (χ1n) is 7.80. The van der Waals surface area contributed by atoms with Gasteiger partial charge in [-0.3, -0.25) is 4.79 Å². The maximum Gasteiger partial charge on any atom is 0.246 e. The molecule has 1 aromatic rings. The summed E-state index contributed by atoms with van der Waals surface area (Å²) in [4.78, 5) is 14.0. The van der Waals surface area contributed by atoms with E-state index < -0.39 is 0 Å². The van der Waals surface area contributed by atoms with Gasteiger partial charge in [0.25, 0.3) is 0 Å². The SMILES string of the molecule is CCCCN(CC)C(=O)/C=C/c1cccc(OC(C)C)c1. The fraction of sp³-hybridized carbons (Fsp3) is 0.500. The fourth-order valence-corrected chi connectivity index (χ4v) is 2.01. The summed E-state index contributed by atoms with van der Waals surface area (Å²) in [7, 11) is 0. The van der Waals surface area contributed by atoms with Crippen molar-refractivity contribution in [2.24, 2.45) is 0 Å². The second-order valence-corrected chi connectivity index (χ2v) is 5.34. The lowest BCUT2D eigenvalue weighted by atomic mass is 10.2. The summed E-state index contributed by atoms with van der Waals surface area (Å²) in [5, 5.41) is 0. The smallest absolute Gasteiger partial charge is 0.246 e. The molecule has 0 N–H and O–H groups in total. The van der Waals surface area contributed by atoms with Crippen LogP contribution in [0.4, 0.5) is 0 Å². The topological polar surface area (TPSA) is 29.5 Å². The Hall–Kier alpha value is -1.77. The van der Waals surface area contributed by atoms with E-state index in [9.17, 15) is 4.79 Å². The average molecular weight is 289 g/mol. The van der Waals surface area contributed by atoms with Crippen molar-refractivity contribution in [1.82, 2.24) is 4.90 Å². The van der Waals surface area contributed by atoms with Gasteiger partial charge in [-0.05, 0) is 51.0 Å². The molecular weight excluding hydrogens is 262 g/mol. The quantitative estimate of drug-likeness (QED) is 0.673. The van der Waals surface area contributed by atoms with Crippen LogP contribution in [0.25, 0.3) is 6.08 Å². The fourth-order valence-electron chi connectivity index (χ4n) is 2.01. The molecule has 0 heterocycles. The van der Waals surface area contributed by atoms with E-state index in [1.54, 1.807) is 6.08 Å². The third-order valence-corrected chi connectivity index (χ3v) is 3.12. The highest BCUT2D eigenvalue weighted by Crippen LogP contribution is 2.16. The van der Waals surface area contributed by atoms with Gasteiger partial charge in [0.2, 0.25) is 5.91 Å². The van der Waals surface area contributed by atoms with Gasteiger partial charge in [-0.1, -0.05) is 25.5 Å². The van der Waals surface area contributed by atoms with Gasteiger partial charge >= 0.3 is 0 Å². The molecule has 0 aromatic heterocycles. The summed E-state index contributed by atoms with van der Waals surface area (Å²) < 4.78 is 5.65. The second kappa shape index (κ2) is 9.22. The van der Waals surface area contributed by atoms with Crippen LogP contribution in [0.1, 0.15) is 46.1 Å². The number of amides is 1. The van der Waals surface area contributed by atoms with E-state index in [-0.39, 0.29) is 12.0 Å². The number of unbranched alkanes of at least 4 members (excludes halogenated alkanes) is 1. The van der Waals surface area contributed by atoms with Crippen molar-refractivity contribution in [1.29, 1.82) is 0 Å². The third kappa shape index (κ3) is 6.48. The molecule has 21 heavy (non-hydrogen) atoms. The van der Waals surface area contributed by atoms with E-state index in [0.29, 0.717) is 0 Å². The molecule has 0 radical (unpaired) electrons. The lowest BCUT2D eigenvalue weighted by Gasteiger charge is -2.18. The number of carbonyl (C=O) groups is 1. The van der Waals surface area contributed by atoms with Gasteiger partial charge in [-0.2, -0.15) is 0 Å². The van der Waals surface area contributed by atoms with Crippen LogP contribution in [0.5, 0.6) is 5.75 Å². The van der Waals surface area contributed by atoms with Crippen LogP contribution >= 0.6 is 0 Å². The van der Waals surface area contributed by atoms with Crippen LogP contribution in [-0.2, 0) is 4.79 Å². The van der Waals surface area contributed by atoms with Crippen LogP contribution in [-0.4, -0.2) is 30.0 Å². The van der Waals surface area contributed by atoms with Crippen molar-refractivity contribution < 1.29 is 9.53 Å². The maximum atomic E-state index is 12.1. The molecule has 3 nitrogen and oxygen atoms in total. The monoisotopic (exact) mass is 289 g/mol. The number of carbonyl (C=O) groups excluding carboxylic acids is 1. The molecule has 0 aliphatic rings. The zero-order chi connectivity index (χ0) is 15.7. The van der Waals surface area contributed by atoms with Gasteiger partial charge in [0, 0.05) is 19.2 Å². The molecule has 0 aliphatic carbocycles. The van der Waals surface area contributed by atoms with Crippen molar-refractivity contribution in [2.45, 2.75) is 46.6 Å². The van der Waals surface area contributed by atoms with E-state index in [2.05, 4.69) is 6.92 Å². The Balaban J connectivity index is 2.68. The number of hydrogen-bond donors (Lipinski definition) is 0. The molecule has 0 bridgehead atoms. The highest BCUT2D eigenvalue weighted by molar-refractivity contribution is 5.91. The van der Waals surface area contributed by atoms with Crippen molar-refractivity contribution in [3.63, 3.8) is 0 Å². The summed E-state index contributed by atoms with van der Waals surface area (Å²) in [6.07, 6.45) is 5.79. The predicted molar refractivity (Wildman–Crippen MR) is 88.4 cm³/mol. The van der Waals surface area contributed by atoms with Crippen molar-refractivity contribution in [3.8, 4) is 5.75 Å². The number of likely N-dealkylation sites (N-methyl/N-ethyl adjacent to an activating group) is 1. The summed E-state index contributed by atoms with van der Waals surface area (Å²) in [6.45, 7) is 9.72. The van der Waals surface area contributed by atoms with Gasteiger partial charge in [0.05, 0.1) is 6.10 Å². The van der Waals surface area contributed by atoms with E-state index in [4.69, 9.17) is 4.74 Å². The first-order chi connectivity index (χ1) is 10.1. The van der Waals surface area contributed by atoms with Gasteiger partial charge in [0.1, 0.15) is 5.75 Å². The van der Waals surface area contributed by atoms with Gasteiger partial charge < -0.3 is 9.64 Å². The zero-order valence-electron chi connectivity index (χ0n) is 13.6. The largest absolute Gasteiger partial charge is 0.491 e. The molecule has 1 aromatic carbocycles. The average Bonchev–Trinajstić information content (AvgIpc) is 2.45. The first-order valence-corrected chi connectivity index (χ1v) is 7.80. The normalized spacial score (nSPS) is 11.1. The molecule has 1 rings (SSSR count). The lowest BCUT2D eigenvalue weighted by Crippen LogP contribution is -2.30. The number of hydrogen-bond acceptors (Lipinski definition) is 2. The highest BCUT2D eigenvalue weighted by Gasteiger charge is 2.07. The summed E-state index contributed by atoms with van der Waals surface area (Å²) >= 11 is 0. The van der Waals surface area contributed by atoms with Gasteiger partial charge in [-0.25, -0.2) is 0 Å². The predicted octanol–water partition coefficient (Wildman–Crippen LogP) is 4.14. The molecule has 0 fully saturated rings. The summed E-state index contributed by atoms with van der Waals surface area (Å²) in [5.41, 5.74) is 0.980. The van der Waals surface area contributed by atoms with Crippen molar-refractivity contribution >= 4 is 12.0 Å². The minimum absolute atomic E-state index is 0.0705. The Morgan fingerprint density at radius 3 is 2.71 bits per heavy atom. The van der Waals surface area contributed by atoms with E-state index in [0.717, 1.165) is 37.2 Å². The molecular formula is C18H27NO2. The van der Waals surface area contributed by atoms with E-state index in [1.165, 1.54) is 0 Å². The minimum atomic E-state index is 0.0705. The Morgan fingerprint density at radius 1 is 1.33 bits per heavy atom. The third-order valence-electron chi connectivity index (χ3n) is 3.12. The lowest BCUT2D eigenvalue weighted by molar-refractivity contribution is -0.125. The van der Waals surface area contributed by atoms with E-state index >= 15 is 0 Å². The van der Waals surface area contributed by atoms with Crippen LogP contribution < -0.4 is 4.74 Å². The molecule has 0 aliphatic heterocycles. The Kier molecular flexibility index (Phi) is 7.59. The molecule has 0 unspecified atom stereocenters. The summed E-state index contributed by atoms with van der Waals surface area (Å²) in [5.74, 6) is 0.902. The molecule has 1 amide bonds. The molecule has 0 spiro atoms. The van der Waals surface area contributed by atoms with E-state index in [1.807, 2.05) is 56.0 Å². The molecule has 3 heteroatoms. The Bertz CT molecular complexity index is 466. The van der Waals surface area contributed by atoms with Crippen LogP contribution in [0.15, 0.2) is 30.3 Å². The number of nitrogens with zero attached hydrogens (tertiary/aromatic N) is 1. The zero-order valence-corrected chi connectivity index (χ0v) is 13.6. The van der Waals surface area contributed by atoms with Crippen LogP contribution in [0.3, 0.4) is 0 Å². The summed E-state index contributed by atoms with van der Waals surface area (Å²) in [6, 6.07) is 7.79. The van der Waals surface area contributed by atoms with Gasteiger partial charge in [-0.15, -0.1) is 0 Å². The standard InChI is InChI=1S/C18H27NO2/c1-5-7-13-19(6-2)18(20)12-11-16-9-8-10-17(14-16)21-15(3)4/h8-12,14-15H,5-7,13H2,1-4H3/b12-11+. The molecule has 0 saturated carbocycles. The molecule has 0 saturated heterocycles. The Morgan fingerprint density at radius 2 is 2.10 bits per heavy atom. The number of rotatable bonds is 8.